The molecule has 1 aliphatic heterocycles. The van der Waals surface area contributed by atoms with Crippen LogP contribution in [0.15, 0.2) is 18.2 Å². The molecule has 0 spiro atoms. The lowest BCUT2D eigenvalue weighted by atomic mass is 10.1. The van der Waals surface area contributed by atoms with Gasteiger partial charge in [-0.3, -0.25) is 19.9 Å². The second-order valence-electron chi connectivity index (χ2n) is 5.32. The lowest BCUT2D eigenvalue weighted by molar-refractivity contribution is -0.384. The Morgan fingerprint density at radius 3 is 2.80 bits per heavy atom. The summed E-state index contributed by atoms with van der Waals surface area (Å²) < 4.78 is 0. The summed E-state index contributed by atoms with van der Waals surface area (Å²) in [7, 11) is 0. The van der Waals surface area contributed by atoms with Gasteiger partial charge in [-0.05, 0) is 19.0 Å². The SMILES string of the molecule is CCN1CCN(Cc2cccc([N+](=O)[O-])c2N)CC1C. The van der Waals surface area contributed by atoms with E-state index in [-0.39, 0.29) is 5.69 Å². The van der Waals surface area contributed by atoms with Gasteiger partial charge in [0.15, 0.2) is 0 Å². The Labute approximate surface area is 119 Å². The molecule has 110 valence electrons. The van der Waals surface area contributed by atoms with Crippen LogP contribution in [0.4, 0.5) is 11.4 Å². The molecule has 0 aliphatic carbocycles. The normalized spacial score (nSPS) is 21.0. The third kappa shape index (κ3) is 3.08. The number of nitrogen functional groups attached to an aromatic ring is 1. The molecule has 1 aromatic carbocycles. The Hall–Kier alpha value is -1.66. The van der Waals surface area contributed by atoms with Gasteiger partial charge in [0, 0.05) is 38.3 Å². The fraction of sp³-hybridized carbons (Fsp3) is 0.571. The molecular formula is C14H22N4O2. The second kappa shape index (κ2) is 6.19. The number of hydrogen-bond acceptors (Lipinski definition) is 5. The van der Waals surface area contributed by atoms with Crippen LogP contribution in [0.2, 0.25) is 0 Å². The number of nitrogens with zero attached hydrogens (tertiary/aromatic N) is 3. The maximum Gasteiger partial charge on any atom is 0.292 e. The maximum atomic E-state index is 10.9. The van der Waals surface area contributed by atoms with Crippen LogP contribution in [0, 0.1) is 10.1 Å². The molecule has 2 rings (SSSR count). The van der Waals surface area contributed by atoms with E-state index in [2.05, 4.69) is 23.6 Å². The van der Waals surface area contributed by atoms with Gasteiger partial charge in [0.1, 0.15) is 5.69 Å². The first-order valence-corrected chi connectivity index (χ1v) is 7.01. The van der Waals surface area contributed by atoms with Gasteiger partial charge in [0.05, 0.1) is 4.92 Å². The van der Waals surface area contributed by atoms with Crippen LogP contribution < -0.4 is 5.73 Å². The highest BCUT2D eigenvalue weighted by Crippen LogP contribution is 2.26. The van der Waals surface area contributed by atoms with E-state index < -0.39 is 4.92 Å². The van der Waals surface area contributed by atoms with Gasteiger partial charge in [0.25, 0.3) is 5.69 Å². The van der Waals surface area contributed by atoms with Gasteiger partial charge < -0.3 is 5.73 Å². The minimum absolute atomic E-state index is 0.00254. The van der Waals surface area contributed by atoms with Crippen molar-refractivity contribution in [1.82, 2.24) is 9.80 Å². The minimum atomic E-state index is -0.420. The monoisotopic (exact) mass is 278 g/mol. The molecule has 1 unspecified atom stereocenters. The number of anilines is 1. The van der Waals surface area contributed by atoms with E-state index in [1.54, 1.807) is 6.07 Å². The minimum Gasteiger partial charge on any atom is -0.393 e. The number of likely N-dealkylation sites (N-methyl/N-ethyl adjacent to an activating group) is 1. The van der Waals surface area contributed by atoms with E-state index in [0.717, 1.165) is 31.7 Å². The number of nitro benzene ring substituents is 1. The first-order valence-electron chi connectivity index (χ1n) is 7.01. The van der Waals surface area contributed by atoms with Crippen LogP contribution in [-0.4, -0.2) is 46.9 Å². The summed E-state index contributed by atoms with van der Waals surface area (Å²) in [6.45, 7) is 9.10. The third-order valence-corrected chi connectivity index (χ3v) is 4.02. The van der Waals surface area contributed by atoms with Crippen LogP contribution in [0.1, 0.15) is 19.4 Å². The van der Waals surface area contributed by atoms with Gasteiger partial charge >= 0.3 is 0 Å². The lowest BCUT2D eigenvalue weighted by Gasteiger charge is -2.39. The van der Waals surface area contributed by atoms with Crippen LogP contribution in [0.3, 0.4) is 0 Å². The van der Waals surface area contributed by atoms with E-state index in [9.17, 15) is 10.1 Å². The molecule has 0 bridgehead atoms. The van der Waals surface area contributed by atoms with E-state index in [0.29, 0.717) is 18.3 Å². The van der Waals surface area contributed by atoms with Crippen molar-refractivity contribution in [1.29, 1.82) is 0 Å². The van der Waals surface area contributed by atoms with Crippen LogP contribution in [0.25, 0.3) is 0 Å². The van der Waals surface area contributed by atoms with Crippen LogP contribution in [0.5, 0.6) is 0 Å². The smallest absolute Gasteiger partial charge is 0.292 e. The summed E-state index contributed by atoms with van der Waals surface area (Å²) in [5.74, 6) is 0. The Balaban J connectivity index is 2.08. The van der Waals surface area contributed by atoms with E-state index in [1.165, 1.54) is 6.07 Å². The Morgan fingerprint density at radius 1 is 1.45 bits per heavy atom. The molecule has 0 aromatic heterocycles. The van der Waals surface area contributed by atoms with Gasteiger partial charge in [-0.1, -0.05) is 19.1 Å². The zero-order valence-corrected chi connectivity index (χ0v) is 12.1. The van der Waals surface area contributed by atoms with Gasteiger partial charge in [-0.2, -0.15) is 0 Å². The number of hydrogen-bond donors (Lipinski definition) is 1. The lowest BCUT2D eigenvalue weighted by Crippen LogP contribution is -2.51. The van der Waals surface area contributed by atoms with Crippen LogP contribution >= 0.6 is 0 Å². The first-order chi connectivity index (χ1) is 9.52. The second-order valence-corrected chi connectivity index (χ2v) is 5.32. The van der Waals surface area contributed by atoms with Crippen molar-refractivity contribution >= 4 is 11.4 Å². The summed E-state index contributed by atoms with van der Waals surface area (Å²) in [5.41, 5.74) is 7.05. The fourth-order valence-electron chi connectivity index (χ4n) is 2.82. The molecule has 1 heterocycles. The van der Waals surface area contributed by atoms with Crippen molar-refractivity contribution in [2.75, 3.05) is 31.9 Å². The number of benzene rings is 1. The Kier molecular flexibility index (Phi) is 4.57. The molecule has 6 nitrogen and oxygen atoms in total. The standard InChI is InChI=1S/C14H22N4O2/c1-3-17-8-7-16(9-11(17)2)10-12-5-4-6-13(14(12)15)18(19)20/h4-6,11H,3,7-10,15H2,1-2H3. The first kappa shape index (κ1) is 14.7. The summed E-state index contributed by atoms with van der Waals surface area (Å²) in [5, 5.41) is 10.9. The van der Waals surface area contributed by atoms with Crippen molar-refractivity contribution < 1.29 is 4.92 Å². The molecule has 1 aliphatic rings. The van der Waals surface area contributed by atoms with Crippen molar-refractivity contribution in [2.24, 2.45) is 0 Å². The highest BCUT2D eigenvalue weighted by Gasteiger charge is 2.23. The molecule has 1 atom stereocenters. The molecule has 0 radical (unpaired) electrons. The van der Waals surface area contributed by atoms with Gasteiger partial charge in [0.2, 0.25) is 0 Å². The third-order valence-electron chi connectivity index (χ3n) is 4.02. The Bertz CT molecular complexity index is 492. The van der Waals surface area contributed by atoms with E-state index in [1.807, 2.05) is 6.07 Å². The summed E-state index contributed by atoms with van der Waals surface area (Å²) in [6.07, 6.45) is 0. The highest BCUT2D eigenvalue weighted by atomic mass is 16.6. The summed E-state index contributed by atoms with van der Waals surface area (Å²) in [6, 6.07) is 5.54. The predicted molar refractivity (Wildman–Crippen MR) is 79.5 cm³/mol. The summed E-state index contributed by atoms with van der Waals surface area (Å²) in [4.78, 5) is 15.2. The predicted octanol–water partition coefficient (Wildman–Crippen LogP) is 1.70. The zero-order chi connectivity index (χ0) is 14.7. The molecule has 1 fully saturated rings. The number of rotatable bonds is 4. The molecule has 20 heavy (non-hydrogen) atoms. The average Bonchev–Trinajstić information content (AvgIpc) is 2.41. The number of nitro groups is 1. The van der Waals surface area contributed by atoms with Gasteiger partial charge in [-0.15, -0.1) is 0 Å². The molecule has 1 saturated heterocycles. The van der Waals surface area contributed by atoms with Crippen molar-refractivity contribution in [2.45, 2.75) is 26.4 Å². The van der Waals surface area contributed by atoms with E-state index in [4.69, 9.17) is 5.73 Å². The van der Waals surface area contributed by atoms with Crippen LogP contribution in [-0.2, 0) is 6.54 Å². The molecular weight excluding hydrogens is 256 g/mol. The van der Waals surface area contributed by atoms with Crippen molar-refractivity contribution in [3.63, 3.8) is 0 Å². The van der Waals surface area contributed by atoms with Crippen molar-refractivity contribution in [3.8, 4) is 0 Å². The average molecular weight is 278 g/mol. The largest absolute Gasteiger partial charge is 0.393 e. The number of piperazine rings is 1. The number of para-hydroxylation sites is 1. The summed E-state index contributed by atoms with van der Waals surface area (Å²) >= 11 is 0. The van der Waals surface area contributed by atoms with Crippen molar-refractivity contribution in [3.05, 3.63) is 33.9 Å². The molecule has 6 heteroatoms. The van der Waals surface area contributed by atoms with Gasteiger partial charge in [-0.25, -0.2) is 0 Å². The topological polar surface area (TPSA) is 75.6 Å². The molecule has 2 N–H and O–H groups in total. The molecule has 0 saturated carbocycles. The highest BCUT2D eigenvalue weighted by molar-refractivity contribution is 5.62. The molecule has 0 amide bonds. The Morgan fingerprint density at radius 2 is 2.20 bits per heavy atom. The molecule has 1 aromatic rings. The maximum absolute atomic E-state index is 10.9. The van der Waals surface area contributed by atoms with E-state index >= 15 is 0 Å². The fourth-order valence-corrected chi connectivity index (χ4v) is 2.82. The number of nitrogens with two attached hydrogens (primary N) is 1. The zero-order valence-electron chi connectivity index (χ0n) is 12.1. The quantitative estimate of drug-likeness (QED) is 0.515.